The third-order valence-electron chi connectivity index (χ3n) is 12.6. The minimum atomic E-state index is -4.32. The summed E-state index contributed by atoms with van der Waals surface area (Å²) < 4.78 is 111. The fourth-order valence-corrected chi connectivity index (χ4v) is 8.81. The summed E-state index contributed by atoms with van der Waals surface area (Å²) in [5.41, 5.74) is 1.42. The highest BCUT2D eigenvalue weighted by atomic mass is 32.1. The van der Waals surface area contributed by atoms with Crippen LogP contribution in [0.3, 0.4) is 0 Å². The summed E-state index contributed by atoms with van der Waals surface area (Å²) in [6.45, 7) is 6.12. The molecule has 4 rings (SSSR count). The number of aliphatic hydroxyl groups is 3. The van der Waals surface area contributed by atoms with Gasteiger partial charge in [-0.25, -0.2) is 13.2 Å². The Bertz CT molecular complexity index is 2640. The van der Waals surface area contributed by atoms with Gasteiger partial charge in [-0.15, -0.1) is 5.10 Å². The van der Waals surface area contributed by atoms with E-state index in [0.717, 1.165) is 18.5 Å². The van der Waals surface area contributed by atoms with Crippen LogP contribution in [0, 0.1) is 35.0 Å². The second-order valence-corrected chi connectivity index (χ2v) is 21.5. The SMILES string of the molecule is CC(NC(=O)CCCn1cc(CCCCNC(=S)Nc2ccc(O[C@H]3C[C@H](CCP(=O)(O)O)[C@@H](O)[C@H](O)[C@@H]3O)cc2)nn1)C(=O)NC(C)C(=O)NC(C)C(=O)NCCOCCOCCOCCOCCC(=O)Oc1c(F)c(F)c(F)c(F)c1F. The summed E-state index contributed by atoms with van der Waals surface area (Å²) in [5.74, 6) is -16.9. The third-order valence-corrected chi connectivity index (χ3v) is 13.7. The molecule has 1 aliphatic carbocycles. The van der Waals surface area contributed by atoms with Crippen molar-refractivity contribution in [2.24, 2.45) is 5.92 Å². The summed E-state index contributed by atoms with van der Waals surface area (Å²) in [5, 5.41) is 56.3. The second kappa shape index (κ2) is 36.1. The normalized spacial score (nSPS) is 18.0. The van der Waals surface area contributed by atoms with Crippen molar-refractivity contribution in [2.45, 2.75) is 121 Å². The van der Waals surface area contributed by atoms with E-state index in [1.807, 2.05) is 0 Å². The van der Waals surface area contributed by atoms with Crippen molar-refractivity contribution in [2.75, 3.05) is 77.4 Å². The van der Waals surface area contributed by atoms with Crippen LogP contribution in [0.5, 0.6) is 11.5 Å². The maximum Gasteiger partial charge on any atom is 0.325 e. The summed E-state index contributed by atoms with van der Waals surface area (Å²) in [6.07, 6.45) is -1.73. The van der Waals surface area contributed by atoms with Gasteiger partial charge in [0.2, 0.25) is 58.5 Å². The Labute approximate surface area is 485 Å². The quantitative estimate of drug-likeness (QED) is 0.00564. The predicted molar refractivity (Wildman–Crippen MR) is 291 cm³/mol. The highest BCUT2D eigenvalue weighted by molar-refractivity contribution is 7.80. The van der Waals surface area contributed by atoms with Crippen molar-refractivity contribution < 1.29 is 104 Å². The number of ether oxygens (including phenoxy) is 6. The van der Waals surface area contributed by atoms with E-state index in [9.17, 15) is 75.6 Å². The molecule has 0 radical (unpaired) electrons. The third kappa shape index (κ3) is 24.9. The molecule has 26 nitrogen and oxygen atoms in total. The summed E-state index contributed by atoms with van der Waals surface area (Å²) in [4.78, 5) is 80.9. The highest BCUT2D eigenvalue weighted by Gasteiger charge is 2.44. The Morgan fingerprint density at radius 1 is 0.690 bits per heavy atom. The average molecular weight is 1240 g/mol. The summed E-state index contributed by atoms with van der Waals surface area (Å²) in [7, 11) is -4.32. The van der Waals surface area contributed by atoms with Crippen LogP contribution in [0.1, 0.15) is 71.4 Å². The van der Waals surface area contributed by atoms with Crippen LogP contribution >= 0.6 is 19.8 Å². The number of aryl methyl sites for hydroxylation is 2. The number of aliphatic hydroxyl groups excluding tert-OH is 3. The molecule has 0 saturated heterocycles. The number of esters is 1. The van der Waals surface area contributed by atoms with Crippen molar-refractivity contribution in [3.8, 4) is 11.5 Å². The first-order valence-electron chi connectivity index (χ1n) is 26.8. The zero-order valence-corrected chi connectivity index (χ0v) is 48.1. The topological polar surface area (TPSA) is 362 Å². The number of amides is 4. The fourth-order valence-electron chi connectivity index (χ4n) is 7.93. The van der Waals surface area contributed by atoms with Gasteiger partial charge >= 0.3 is 13.6 Å². The molecule has 84 heavy (non-hydrogen) atoms. The largest absolute Gasteiger partial charge is 0.488 e. The lowest BCUT2D eigenvalue weighted by Gasteiger charge is -2.40. The van der Waals surface area contributed by atoms with Gasteiger partial charge in [0.1, 0.15) is 42.2 Å². The van der Waals surface area contributed by atoms with Gasteiger partial charge < -0.3 is 85.4 Å². The molecule has 2 aromatic carbocycles. The number of carbonyl (C=O) groups is 5. The van der Waals surface area contributed by atoms with Crippen LogP contribution in [0.2, 0.25) is 0 Å². The lowest BCUT2D eigenvalue weighted by Crippen LogP contribution is -2.55. The van der Waals surface area contributed by atoms with E-state index in [2.05, 4.69) is 46.9 Å². The van der Waals surface area contributed by atoms with E-state index in [1.165, 1.54) is 20.8 Å². The molecule has 470 valence electrons. The number of rotatable bonds is 37. The number of nitrogens with one attached hydrogen (secondary N) is 6. The molecule has 1 heterocycles. The maximum atomic E-state index is 13.6. The molecule has 1 saturated carbocycles. The van der Waals surface area contributed by atoms with Crippen LogP contribution in [0.25, 0.3) is 0 Å². The Hall–Kier alpha value is -6.06. The molecule has 8 atom stereocenters. The molecule has 1 fully saturated rings. The van der Waals surface area contributed by atoms with Crippen LogP contribution in [-0.2, 0) is 60.5 Å². The van der Waals surface area contributed by atoms with Crippen LogP contribution in [-0.4, -0.2) is 189 Å². The standard InChI is InChI=1S/C51H73F5N9O17PS/c1-29(48(71)57-16-19-78-21-23-80-25-24-79-22-20-77-18-13-38(67)82-47-42(55)40(53)39(52)41(54)43(47)56)60-50(73)31(3)61-49(72)30(2)59-37(66)8-6-17-65-28-34(63-64-65)7-4-5-15-58-51(84)62-33-9-11-35(12-10-33)81-36-27-32(14-26-83(74,75)76)44(68)46(70)45(36)69/h9-12,28-32,36,44-46,68-70H,4-8,13-27H2,1-3H3,(H,57,71)(H,59,66)(H,60,73)(H,61,72)(H2,58,62,84)(H2,74,75,76)/t29?,30?,31?,32-,36-,44+,45+,46-/m0/s1. The number of anilines is 1. The van der Waals surface area contributed by atoms with E-state index in [4.69, 9.17) is 35.9 Å². The molecule has 11 N–H and O–H groups in total. The molecule has 0 bridgehead atoms. The van der Waals surface area contributed by atoms with Crippen molar-refractivity contribution in [3.05, 3.63) is 65.2 Å². The van der Waals surface area contributed by atoms with Gasteiger partial charge in [0.25, 0.3) is 0 Å². The van der Waals surface area contributed by atoms with E-state index >= 15 is 0 Å². The van der Waals surface area contributed by atoms with Crippen molar-refractivity contribution >= 4 is 60.2 Å². The molecule has 1 aromatic heterocycles. The van der Waals surface area contributed by atoms with Gasteiger partial charge in [-0.05, 0) is 102 Å². The van der Waals surface area contributed by atoms with Crippen LogP contribution in [0.4, 0.5) is 27.6 Å². The number of unbranched alkanes of at least 4 members (excludes halogenated alkanes) is 1. The van der Waals surface area contributed by atoms with E-state index in [-0.39, 0.29) is 84.6 Å². The van der Waals surface area contributed by atoms with Crippen LogP contribution < -0.4 is 41.4 Å². The smallest absolute Gasteiger partial charge is 0.325 e. The Kier molecular flexibility index (Phi) is 30.2. The summed E-state index contributed by atoms with van der Waals surface area (Å²) >= 11 is 5.42. The Morgan fingerprint density at radius 2 is 1.25 bits per heavy atom. The lowest BCUT2D eigenvalue weighted by atomic mass is 9.79. The van der Waals surface area contributed by atoms with E-state index in [1.54, 1.807) is 35.1 Å². The number of nitrogens with zero attached hydrogens (tertiary/aromatic N) is 3. The highest BCUT2D eigenvalue weighted by Crippen LogP contribution is 2.40. The molecule has 4 amide bonds. The maximum absolute atomic E-state index is 13.6. The molecule has 1 aliphatic rings. The van der Waals surface area contributed by atoms with Crippen LogP contribution in [0.15, 0.2) is 30.5 Å². The molecule has 0 spiro atoms. The number of hydrogen-bond donors (Lipinski definition) is 11. The molecule has 3 aromatic rings. The number of benzene rings is 2. The average Bonchev–Trinajstić information content (AvgIpc) is 3.55. The molecular formula is C51H73F5N9O17PS. The zero-order chi connectivity index (χ0) is 61.9. The van der Waals surface area contributed by atoms with Crippen molar-refractivity contribution in [1.29, 1.82) is 0 Å². The van der Waals surface area contributed by atoms with E-state index < -0.39 is 127 Å². The molecular weight excluding hydrogens is 1170 g/mol. The molecule has 3 unspecified atom stereocenters. The Morgan fingerprint density at radius 3 is 1.86 bits per heavy atom. The lowest BCUT2D eigenvalue weighted by molar-refractivity contribution is -0.151. The first-order chi connectivity index (χ1) is 39.8. The predicted octanol–water partition coefficient (Wildman–Crippen LogP) is 1.17. The number of carbonyl (C=O) groups excluding carboxylic acids is 5. The number of thiocarbonyl (C=S) groups is 1. The van der Waals surface area contributed by atoms with Gasteiger partial charge in [0, 0.05) is 37.9 Å². The van der Waals surface area contributed by atoms with Gasteiger partial charge in [-0.1, -0.05) is 5.21 Å². The number of hydrogen-bond acceptors (Lipinski definition) is 18. The molecule has 0 aliphatic heterocycles. The van der Waals surface area contributed by atoms with Crippen molar-refractivity contribution in [1.82, 2.24) is 41.6 Å². The zero-order valence-electron chi connectivity index (χ0n) is 46.4. The van der Waals surface area contributed by atoms with Gasteiger partial charge in [-0.2, -0.15) is 8.78 Å². The van der Waals surface area contributed by atoms with Gasteiger partial charge in [0.15, 0.2) is 5.11 Å². The fraction of sp³-hybridized carbons (Fsp3) is 0.608. The number of aromatic nitrogens is 3. The van der Waals surface area contributed by atoms with Gasteiger partial charge in [0.05, 0.1) is 77.2 Å². The monoisotopic (exact) mass is 1240 g/mol. The Balaban J connectivity index is 0.955. The van der Waals surface area contributed by atoms with E-state index in [0.29, 0.717) is 42.5 Å². The second-order valence-electron chi connectivity index (χ2n) is 19.4. The molecule has 33 heteroatoms. The minimum Gasteiger partial charge on any atom is -0.488 e. The summed E-state index contributed by atoms with van der Waals surface area (Å²) in [6, 6.07) is 3.70. The van der Waals surface area contributed by atoms with Gasteiger partial charge in [-0.3, -0.25) is 33.2 Å². The minimum absolute atomic E-state index is 0.00552. The number of halogens is 5. The van der Waals surface area contributed by atoms with Crippen molar-refractivity contribution in [3.63, 3.8) is 0 Å². The first kappa shape index (κ1) is 70.4. The first-order valence-corrected chi connectivity index (χ1v) is 29.1.